The second-order valence-corrected chi connectivity index (χ2v) is 6.78. The number of aliphatic carboxylic acids is 1. The highest BCUT2D eigenvalue weighted by molar-refractivity contribution is 7.19. The number of thiophene rings is 1. The number of carbonyl (C=O) groups is 2. The van der Waals surface area contributed by atoms with Crippen molar-refractivity contribution in [2.45, 2.75) is 39.2 Å². The second-order valence-electron chi connectivity index (χ2n) is 5.70. The van der Waals surface area contributed by atoms with Crippen LogP contribution in [0.1, 0.15) is 33.1 Å². The first-order valence-electron chi connectivity index (χ1n) is 6.87. The Labute approximate surface area is 136 Å². The number of carboxylic acid groups (broad SMARTS) is 1. The number of aromatic nitrogens is 2. The minimum atomic E-state index is -0.926. The lowest BCUT2D eigenvalue weighted by Crippen LogP contribution is -2.26. The van der Waals surface area contributed by atoms with Crippen LogP contribution in [0.3, 0.4) is 0 Å². The molecular weight excluding hydrogens is 322 g/mol. The van der Waals surface area contributed by atoms with E-state index in [9.17, 15) is 9.59 Å². The Balaban J connectivity index is 1.99. The van der Waals surface area contributed by atoms with Gasteiger partial charge in [-0.2, -0.15) is 4.98 Å². The fraction of sp³-hybridized carbons (Fsp3) is 0.429. The molecule has 2 rings (SSSR count). The molecule has 2 aromatic heterocycles. The number of hydrogen-bond donors (Lipinski definition) is 2. The number of nitrogens with one attached hydrogen (secondary N) is 1. The molecule has 0 bridgehead atoms. The summed E-state index contributed by atoms with van der Waals surface area (Å²) in [6.45, 7) is 5.35. The Morgan fingerprint density at radius 3 is 2.78 bits per heavy atom. The average molecular weight is 339 g/mol. The predicted molar refractivity (Wildman–Crippen MR) is 83.4 cm³/mol. The lowest BCUT2D eigenvalue weighted by atomic mass is 10.2. The van der Waals surface area contributed by atoms with E-state index in [0.717, 1.165) is 0 Å². The molecule has 0 aromatic carbocycles. The average Bonchev–Trinajstić information content (AvgIpc) is 3.02. The number of carbonyl (C=O) groups excluding carboxylic acids is 1. The van der Waals surface area contributed by atoms with Gasteiger partial charge in [-0.05, 0) is 32.9 Å². The Morgan fingerprint density at radius 1 is 1.39 bits per heavy atom. The summed E-state index contributed by atoms with van der Waals surface area (Å²) in [7, 11) is 0. The molecule has 2 N–H and O–H groups in total. The van der Waals surface area contributed by atoms with E-state index in [-0.39, 0.29) is 18.7 Å². The number of hydrogen-bond acceptors (Lipinski definition) is 7. The number of nitrogens with zero attached hydrogens (tertiary/aromatic N) is 2. The molecule has 0 radical (unpaired) electrons. The van der Waals surface area contributed by atoms with Gasteiger partial charge in [0.05, 0.1) is 16.3 Å². The van der Waals surface area contributed by atoms with Gasteiger partial charge in [-0.15, -0.1) is 11.3 Å². The molecule has 0 aliphatic heterocycles. The third-order valence-corrected chi connectivity index (χ3v) is 3.47. The van der Waals surface area contributed by atoms with E-state index in [4.69, 9.17) is 14.4 Å². The van der Waals surface area contributed by atoms with Gasteiger partial charge in [0, 0.05) is 6.42 Å². The standard InChI is InChI=1S/C14H17N3O5S/c1-14(2,3)21-13(20)16-10-6-4-8(23-10)12-15-9(22-17-12)5-7-11(18)19/h4,6H,5,7H2,1-3H3,(H,16,20)(H,18,19). The van der Waals surface area contributed by atoms with Gasteiger partial charge in [-0.25, -0.2) is 4.79 Å². The number of aryl methyl sites for hydroxylation is 1. The van der Waals surface area contributed by atoms with E-state index < -0.39 is 17.7 Å². The molecule has 0 saturated carbocycles. The van der Waals surface area contributed by atoms with E-state index >= 15 is 0 Å². The van der Waals surface area contributed by atoms with Crippen LogP contribution < -0.4 is 5.32 Å². The van der Waals surface area contributed by atoms with Crippen LogP contribution in [0.2, 0.25) is 0 Å². The van der Waals surface area contributed by atoms with Crippen molar-refractivity contribution in [1.29, 1.82) is 0 Å². The largest absolute Gasteiger partial charge is 0.481 e. The SMILES string of the molecule is CC(C)(C)OC(=O)Nc1ccc(-c2noc(CCC(=O)O)n2)s1. The molecular formula is C14H17N3O5S. The van der Waals surface area contributed by atoms with Crippen molar-refractivity contribution >= 4 is 28.4 Å². The Bertz CT molecular complexity index is 701. The molecule has 9 heteroatoms. The minimum Gasteiger partial charge on any atom is -0.481 e. The van der Waals surface area contributed by atoms with E-state index in [1.807, 2.05) is 0 Å². The van der Waals surface area contributed by atoms with Crippen LogP contribution in [0.25, 0.3) is 10.7 Å². The minimum absolute atomic E-state index is 0.0719. The van der Waals surface area contributed by atoms with Gasteiger partial charge in [0.25, 0.3) is 0 Å². The summed E-state index contributed by atoms with van der Waals surface area (Å²) >= 11 is 1.26. The molecule has 23 heavy (non-hydrogen) atoms. The van der Waals surface area contributed by atoms with Gasteiger partial charge in [0.15, 0.2) is 0 Å². The van der Waals surface area contributed by atoms with Crippen molar-refractivity contribution in [2.24, 2.45) is 0 Å². The number of amides is 1. The fourth-order valence-electron chi connectivity index (χ4n) is 1.60. The first-order chi connectivity index (χ1) is 10.7. The zero-order valence-corrected chi connectivity index (χ0v) is 13.8. The summed E-state index contributed by atoms with van der Waals surface area (Å²) in [5, 5.41) is 15.6. The van der Waals surface area contributed by atoms with Crippen LogP contribution in [0.4, 0.5) is 9.80 Å². The first-order valence-corrected chi connectivity index (χ1v) is 7.69. The number of rotatable bonds is 5. The van der Waals surface area contributed by atoms with Crippen molar-refractivity contribution < 1.29 is 24.0 Å². The van der Waals surface area contributed by atoms with Crippen LogP contribution in [0, 0.1) is 0 Å². The second kappa shape index (κ2) is 6.78. The van der Waals surface area contributed by atoms with Crippen molar-refractivity contribution in [2.75, 3.05) is 5.32 Å². The van der Waals surface area contributed by atoms with E-state index in [1.165, 1.54) is 11.3 Å². The summed E-state index contributed by atoms with van der Waals surface area (Å²) < 4.78 is 10.2. The number of anilines is 1. The molecule has 1 amide bonds. The van der Waals surface area contributed by atoms with Crippen LogP contribution in [0.15, 0.2) is 16.7 Å². The summed E-state index contributed by atoms with van der Waals surface area (Å²) in [5.41, 5.74) is -0.573. The Kier molecular flexibility index (Phi) is 4.99. The zero-order valence-electron chi connectivity index (χ0n) is 13.0. The molecule has 0 aliphatic rings. The van der Waals surface area contributed by atoms with Crippen LogP contribution in [-0.2, 0) is 16.0 Å². The summed E-state index contributed by atoms with van der Waals surface area (Å²) in [6, 6.07) is 3.44. The summed E-state index contributed by atoms with van der Waals surface area (Å²) in [6.07, 6.45) is -0.435. The molecule has 0 fully saturated rings. The van der Waals surface area contributed by atoms with Crippen molar-refractivity contribution in [3.63, 3.8) is 0 Å². The van der Waals surface area contributed by atoms with Crippen LogP contribution in [-0.4, -0.2) is 32.9 Å². The van der Waals surface area contributed by atoms with Crippen molar-refractivity contribution in [3.05, 3.63) is 18.0 Å². The third-order valence-electron chi connectivity index (χ3n) is 2.47. The highest BCUT2D eigenvalue weighted by Crippen LogP contribution is 2.30. The molecule has 124 valence electrons. The Hall–Kier alpha value is -2.42. The maximum absolute atomic E-state index is 11.7. The highest BCUT2D eigenvalue weighted by atomic mass is 32.1. The van der Waals surface area contributed by atoms with E-state index in [2.05, 4.69) is 15.5 Å². The monoisotopic (exact) mass is 339 g/mol. The third kappa shape index (κ3) is 5.37. The van der Waals surface area contributed by atoms with Crippen LogP contribution >= 0.6 is 11.3 Å². The molecule has 2 heterocycles. The summed E-state index contributed by atoms with van der Waals surface area (Å²) in [5.74, 6) is -0.310. The number of ether oxygens (including phenoxy) is 1. The molecule has 0 atom stereocenters. The van der Waals surface area contributed by atoms with Gasteiger partial charge >= 0.3 is 12.1 Å². The molecule has 0 spiro atoms. The van der Waals surface area contributed by atoms with E-state index in [1.54, 1.807) is 32.9 Å². The first kappa shape index (κ1) is 16.9. The smallest absolute Gasteiger partial charge is 0.412 e. The van der Waals surface area contributed by atoms with Crippen LogP contribution in [0.5, 0.6) is 0 Å². The predicted octanol–water partition coefficient (Wildman–Crippen LogP) is 3.16. The summed E-state index contributed by atoms with van der Waals surface area (Å²) in [4.78, 5) is 27.0. The Morgan fingerprint density at radius 2 is 2.13 bits per heavy atom. The maximum atomic E-state index is 11.7. The molecule has 2 aromatic rings. The lowest BCUT2D eigenvalue weighted by Gasteiger charge is -2.19. The maximum Gasteiger partial charge on any atom is 0.412 e. The highest BCUT2D eigenvalue weighted by Gasteiger charge is 2.18. The zero-order chi connectivity index (χ0) is 17.0. The van der Waals surface area contributed by atoms with Crippen molar-refractivity contribution in [1.82, 2.24) is 10.1 Å². The van der Waals surface area contributed by atoms with Gasteiger partial charge in [0.1, 0.15) is 5.60 Å². The molecule has 0 saturated heterocycles. The fourth-order valence-corrected chi connectivity index (χ4v) is 2.42. The lowest BCUT2D eigenvalue weighted by molar-refractivity contribution is -0.137. The molecule has 0 aliphatic carbocycles. The van der Waals surface area contributed by atoms with Gasteiger partial charge in [-0.1, -0.05) is 5.16 Å². The van der Waals surface area contributed by atoms with Crippen molar-refractivity contribution in [3.8, 4) is 10.7 Å². The molecule has 8 nitrogen and oxygen atoms in total. The molecule has 0 unspecified atom stereocenters. The van der Waals surface area contributed by atoms with Gasteiger partial charge in [0.2, 0.25) is 11.7 Å². The van der Waals surface area contributed by atoms with E-state index in [0.29, 0.717) is 15.7 Å². The quantitative estimate of drug-likeness (QED) is 0.859. The van der Waals surface area contributed by atoms with Gasteiger partial charge in [-0.3, -0.25) is 10.1 Å². The normalized spacial score (nSPS) is 11.3. The topological polar surface area (TPSA) is 115 Å². The van der Waals surface area contributed by atoms with Gasteiger partial charge < -0.3 is 14.4 Å². The number of carboxylic acids is 1.